The number of rotatable bonds is 10. The molecule has 0 saturated heterocycles. The maximum Gasteiger partial charge on any atom is 0.330 e. The largest absolute Gasteiger partial charge is 0.463 e. The zero-order valence-corrected chi connectivity index (χ0v) is 21.9. The van der Waals surface area contributed by atoms with Gasteiger partial charge in [-0.2, -0.15) is 4.98 Å². The van der Waals surface area contributed by atoms with Crippen LogP contribution in [-0.2, 0) is 16.0 Å². The van der Waals surface area contributed by atoms with E-state index >= 15 is 0 Å². The van der Waals surface area contributed by atoms with E-state index < -0.39 is 11.8 Å². The third-order valence-corrected chi connectivity index (χ3v) is 6.63. The lowest BCUT2D eigenvalue weighted by Crippen LogP contribution is -2.09. The molecule has 0 amide bonds. The van der Waals surface area contributed by atoms with Crippen molar-refractivity contribution in [2.24, 2.45) is 0 Å². The highest BCUT2D eigenvalue weighted by Crippen LogP contribution is 2.29. The van der Waals surface area contributed by atoms with Gasteiger partial charge in [0.15, 0.2) is 0 Å². The molecule has 0 aliphatic carbocycles. The number of benzene rings is 2. The molecule has 0 aliphatic rings. The van der Waals surface area contributed by atoms with Crippen LogP contribution in [0.5, 0.6) is 0 Å². The van der Waals surface area contributed by atoms with Crippen molar-refractivity contribution in [3.8, 4) is 11.1 Å². The Morgan fingerprint density at radius 2 is 2.08 bits per heavy atom. The highest BCUT2D eigenvalue weighted by Gasteiger charge is 2.12. The quantitative estimate of drug-likeness (QED) is 0.172. The van der Waals surface area contributed by atoms with E-state index in [1.165, 1.54) is 23.1 Å². The van der Waals surface area contributed by atoms with E-state index in [1.807, 2.05) is 36.7 Å². The number of halogens is 2. The van der Waals surface area contributed by atoms with Gasteiger partial charge < -0.3 is 15.4 Å². The Balaban J connectivity index is 1.61. The average Bonchev–Trinajstić information content (AvgIpc) is 3.30. The van der Waals surface area contributed by atoms with Gasteiger partial charge in [0.25, 0.3) is 0 Å². The van der Waals surface area contributed by atoms with Gasteiger partial charge >= 0.3 is 5.97 Å². The smallest absolute Gasteiger partial charge is 0.330 e. The number of nitrogens with zero attached hydrogens (tertiary/aromatic N) is 3. The van der Waals surface area contributed by atoms with Crippen molar-refractivity contribution in [3.63, 3.8) is 0 Å². The molecule has 2 heterocycles. The Bertz CT molecular complexity index is 1430. The molecule has 0 fully saturated rings. The lowest BCUT2D eigenvalue weighted by atomic mass is 10.0. The maximum absolute atomic E-state index is 13.6. The fourth-order valence-electron chi connectivity index (χ4n) is 3.52. The molecule has 0 aliphatic heterocycles. The summed E-state index contributed by atoms with van der Waals surface area (Å²) in [5.41, 5.74) is 5.92. The number of aryl methyl sites for hydroxylation is 1. The first-order valence-corrected chi connectivity index (χ1v) is 12.9. The fourth-order valence-corrected chi connectivity index (χ4v) is 4.48. The summed E-state index contributed by atoms with van der Waals surface area (Å²) < 4.78 is 18.5. The number of esters is 1. The van der Waals surface area contributed by atoms with Crippen molar-refractivity contribution < 1.29 is 13.9 Å². The Morgan fingerprint density at radius 1 is 1.22 bits per heavy atom. The van der Waals surface area contributed by atoms with Gasteiger partial charge in [0, 0.05) is 41.4 Å². The van der Waals surface area contributed by atoms with Crippen LogP contribution in [0, 0.1) is 12.7 Å². The first kappa shape index (κ1) is 26.2. The molecule has 2 aromatic carbocycles. The standard InChI is InChI=1S/C27H25ClFN5O2S/c1-3-36-25(35)10-7-18-5-4-6-19(13-18)21-15-31-27(33-20-8-9-23(29)22(28)14-20)34-26(21)30-12-11-24-17(2)32-16-37-24/h4-10,13-16H,3,11-12H2,1-2H3,(H2,30,31,33,34). The first-order chi connectivity index (χ1) is 17.9. The number of carbonyl (C=O) groups excluding carboxylic acids is 1. The normalized spacial score (nSPS) is 11.0. The van der Waals surface area contributed by atoms with Crippen molar-refractivity contribution in [3.05, 3.63) is 87.2 Å². The van der Waals surface area contributed by atoms with Crippen LogP contribution in [0.1, 0.15) is 23.1 Å². The minimum atomic E-state index is -0.499. The second kappa shape index (κ2) is 12.4. The van der Waals surface area contributed by atoms with Crippen LogP contribution in [0.4, 0.5) is 21.8 Å². The van der Waals surface area contributed by atoms with Crippen LogP contribution in [0.25, 0.3) is 17.2 Å². The highest BCUT2D eigenvalue weighted by atomic mass is 35.5. The molecular weight excluding hydrogens is 513 g/mol. The number of thiazole rings is 1. The second-order valence-electron chi connectivity index (χ2n) is 7.96. The Hall–Kier alpha value is -3.82. The van der Waals surface area contributed by atoms with E-state index in [0.717, 1.165) is 28.8 Å². The Kier molecular flexibility index (Phi) is 8.81. The number of ether oxygens (including phenoxy) is 1. The van der Waals surface area contributed by atoms with Crippen LogP contribution in [0.2, 0.25) is 5.02 Å². The molecule has 2 N–H and O–H groups in total. The van der Waals surface area contributed by atoms with Crippen molar-refractivity contribution in [2.45, 2.75) is 20.3 Å². The summed E-state index contributed by atoms with van der Waals surface area (Å²) in [5, 5.41) is 6.50. The first-order valence-electron chi connectivity index (χ1n) is 11.6. The molecule has 37 heavy (non-hydrogen) atoms. The number of hydrogen-bond donors (Lipinski definition) is 2. The molecule has 0 atom stereocenters. The molecular formula is C27H25ClFN5O2S. The van der Waals surface area contributed by atoms with Crippen LogP contribution in [0.3, 0.4) is 0 Å². The van der Waals surface area contributed by atoms with E-state index in [-0.39, 0.29) is 5.02 Å². The maximum atomic E-state index is 13.6. The lowest BCUT2D eigenvalue weighted by Gasteiger charge is -2.14. The summed E-state index contributed by atoms with van der Waals surface area (Å²) in [7, 11) is 0. The van der Waals surface area contributed by atoms with Crippen LogP contribution < -0.4 is 10.6 Å². The molecule has 0 bridgehead atoms. The zero-order valence-electron chi connectivity index (χ0n) is 20.3. The van der Waals surface area contributed by atoms with Crippen molar-refractivity contribution in [1.29, 1.82) is 0 Å². The molecule has 190 valence electrons. The van der Waals surface area contributed by atoms with Gasteiger partial charge in [-0.1, -0.05) is 29.8 Å². The fraction of sp³-hybridized carbons (Fsp3) is 0.185. The van der Waals surface area contributed by atoms with Gasteiger partial charge in [-0.3, -0.25) is 0 Å². The van der Waals surface area contributed by atoms with E-state index in [0.29, 0.717) is 30.6 Å². The zero-order chi connectivity index (χ0) is 26.2. The summed E-state index contributed by atoms with van der Waals surface area (Å²) >= 11 is 7.54. The summed E-state index contributed by atoms with van der Waals surface area (Å²) in [6.07, 6.45) is 5.61. The van der Waals surface area contributed by atoms with Crippen molar-refractivity contribution in [2.75, 3.05) is 23.8 Å². The molecule has 10 heteroatoms. The number of aromatic nitrogens is 3. The number of carbonyl (C=O) groups is 1. The van der Waals surface area contributed by atoms with Gasteiger partial charge in [-0.05, 0) is 55.3 Å². The third kappa shape index (κ3) is 7.12. The SMILES string of the molecule is CCOC(=O)C=Cc1cccc(-c2cnc(Nc3ccc(F)c(Cl)c3)nc2NCCc2scnc2C)c1. The Morgan fingerprint density at radius 3 is 2.84 bits per heavy atom. The van der Waals surface area contributed by atoms with Gasteiger partial charge in [0.2, 0.25) is 5.95 Å². The van der Waals surface area contributed by atoms with Gasteiger partial charge in [-0.25, -0.2) is 19.2 Å². The lowest BCUT2D eigenvalue weighted by molar-refractivity contribution is -0.137. The summed E-state index contributed by atoms with van der Waals surface area (Å²) in [4.78, 5) is 26.4. The number of anilines is 3. The molecule has 0 saturated carbocycles. The molecule has 4 aromatic rings. The molecule has 0 spiro atoms. The number of nitrogens with one attached hydrogen (secondary N) is 2. The van der Waals surface area contributed by atoms with E-state index in [9.17, 15) is 9.18 Å². The third-order valence-electron chi connectivity index (χ3n) is 5.35. The van der Waals surface area contributed by atoms with Crippen LogP contribution in [0.15, 0.2) is 60.2 Å². The van der Waals surface area contributed by atoms with Crippen LogP contribution >= 0.6 is 22.9 Å². The van der Waals surface area contributed by atoms with Crippen LogP contribution in [-0.4, -0.2) is 34.1 Å². The summed E-state index contributed by atoms with van der Waals surface area (Å²) in [6, 6.07) is 12.0. The molecule has 0 unspecified atom stereocenters. The van der Waals surface area contributed by atoms with Crippen molar-refractivity contribution in [1.82, 2.24) is 15.0 Å². The van der Waals surface area contributed by atoms with E-state index in [4.69, 9.17) is 21.3 Å². The second-order valence-corrected chi connectivity index (χ2v) is 9.30. The van der Waals surface area contributed by atoms with E-state index in [1.54, 1.807) is 36.6 Å². The molecule has 2 aromatic heterocycles. The van der Waals surface area contributed by atoms with Crippen molar-refractivity contribution >= 4 is 52.4 Å². The monoisotopic (exact) mass is 537 g/mol. The topological polar surface area (TPSA) is 89.0 Å². The molecule has 4 rings (SSSR count). The Labute approximate surface area is 223 Å². The highest BCUT2D eigenvalue weighted by molar-refractivity contribution is 7.09. The minimum absolute atomic E-state index is 0.00702. The summed E-state index contributed by atoms with van der Waals surface area (Å²) in [6.45, 7) is 4.71. The predicted octanol–water partition coefficient (Wildman–Crippen LogP) is 6.68. The number of hydrogen-bond acceptors (Lipinski definition) is 8. The van der Waals surface area contributed by atoms with Gasteiger partial charge in [0.05, 0.1) is 22.8 Å². The predicted molar refractivity (Wildman–Crippen MR) is 147 cm³/mol. The summed E-state index contributed by atoms with van der Waals surface area (Å²) in [5.74, 6) is 0.0648. The van der Waals surface area contributed by atoms with Gasteiger partial charge in [-0.15, -0.1) is 11.3 Å². The molecule has 7 nitrogen and oxygen atoms in total. The van der Waals surface area contributed by atoms with E-state index in [2.05, 4.69) is 20.6 Å². The molecule has 0 radical (unpaired) electrons. The average molecular weight is 538 g/mol. The van der Waals surface area contributed by atoms with Gasteiger partial charge in [0.1, 0.15) is 11.6 Å². The minimum Gasteiger partial charge on any atom is -0.463 e.